The summed E-state index contributed by atoms with van der Waals surface area (Å²) >= 11 is 1.69. The van der Waals surface area contributed by atoms with Gasteiger partial charge in [-0.3, -0.25) is 10.1 Å². The van der Waals surface area contributed by atoms with Crippen molar-refractivity contribution in [3.05, 3.63) is 35.9 Å². The third-order valence-corrected chi connectivity index (χ3v) is 5.30. The zero-order chi connectivity index (χ0) is 15.1. The van der Waals surface area contributed by atoms with Crippen LogP contribution in [-0.4, -0.2) is 24.2 Å². The summed E-state index contributed by atoms with van der Waals surface area (Å²) in [5.41, 5.74) is 0.953. The Morgan fingerprint density at radius 1 is 1.14 bits per heavy atom. The van der Waals surface area contributed by atoms with Gasteiger partial charge in [0.05, 0.1) is 0 Å². The molecule has 1 atom stereocenters. The second-order valence-electron chi connectivity index (χ2n) is 5.26. The summed E-state index contributed by atoms with van der Waals surface area (Å²) in [7, 11) is 1.51. The van der Waals surface area contributed by atoms with E-state index in [1.165, 1.54) is 26.3 Å². The van der Waals surface area contributed by atoms with E-state index in [2.05, 4.69) is 10.6 Å². The number of carbonyl (C=O) groups excluding carboxylic acids is 2. The van der Waals surface area contributed by atoms with Crippen LogP contribution in [0.3, 0.4) is 0 Å². The summed E-state index contributed by atoms with van der Waals surface area (Å²) in [4.78, 5) is 23.8. The minimum atomic E-state index is -0.454. The van der Waals surface area contributed by atoms with Crippen LogP contribution >= 0.6 is 11.8 Å². The minimum absolute atomic E-state index is 0.240. The summed E-state index contributed by atoms with van der Waals surface area (Å²) in [6.45, 7) is 0. The second kappa shape index (κ2) is 8.08. The molecule has 2 rings (SSSR count). The van der Waals surface area contributed by atoms with Crippen molar-refractivity contribution in [3.63, 3.8) is 0 Å². The van der Waals surface area contributed by atoms with E-state index in [4.69, 9.17) is 0 Å². The van der Waals surface area contributed by atoms with Gasteiger partial charge in [0.1, 0.15) is 5.25 Å². The highest BCUT2D eigenvalue weighted by atomic mass is 32.2. The molecule has 1 saturated carbocycles. The fourth-order valence-electron chi connectivity index (χ4n) is 2.55. The zero-order valence-electron chi connectivity index (χ0n) is 12.3. The molecular formula is C16H22N2O2S. The standard InChI is InChI=1S/C16H22N2O2S/c1-17-16(20)18-15(19)14(12-8-4-2-5-9-12)21-13-10-6-3-7-11-13/h2,4-5,8-9,13-14H,3,6-7,10-11H2,1H3,(H2,17,18,19,20)/t14-/m0/s1. The van der Waals surface area contributed by atoms with Gasteiger partial charge >= 0.3 is 6.03 Å². The van der Waals surface area contributed by atoms with Crippen LogP contribution < -0.4 is 10.6 Å². The summed E-state index contributed by atoms with van der Waals surface area (Å²) in [5.74, 6) is -0.240. The number of benzene rings is 1. The zero-order valence-corrected chi connectivity index (χ0v) is 13.1. The van der Waals surface area contributed by atoms with Crippen molar-refractivity contribution in [2.45, 2.75) is 42.6 Å². The molecule has 0 bridgehead atoms. The van der Waals surface area contributed by atoms with Crippen LogP contribution in [0.25, 0.3) is 0 Å². The lowest BCUT2D eigenvalue weighted by Gasteiger charge is -2.25. The third kappa shape index (κ3) is 4.77. The molecule has 1 aromatic rings. The molecule has 0 heterocycles. The number of urea groups is 1. The van der Waals surface area contributed by atoms with Crippen LogP contribution in [-0.2, 0) is 4.79 Å². The van der Waals surface area contributed by atoms with Gasteiger partial charge in [-0.05, 0) is 18.4 Å². The van der Waals surface area contributed by atoms with E-state index in [1.807, 2.05) is 30.3 Å². The molecule has 3 amide bonds. The molecule has 114 valence electrons. The Hall–Kier alpha value is -1.49. The number of carbonyl (C=O) groups is 2. The van der Waals surface area contributed by atoms with Gasteiger partial charge in [-0.2, -0.15) is 0 Å². The molecule has 0 saturated heterocycles. The summed E-state index contributed by atoms with van der Waals surface area (Å²) < 4.78 is 0. The Balaban J connectivity index is 2.09. The lowest BCUT2D eigenvalue weighted by atomic mass is 10.0. The van der Waals surface area contributed by atoms with Gasteiger partial charge in [0, 0.05) is 12.3 Å². The number of hydrogen-bond acceptors (Lipinski definition) is 3. The monoisotopic (exact) mass is 306 g/mol. The summed E-state index contributed by atoms with van der Waals surface area (Å²) in [5, 5.41) is 5.01. The van der Waals surface area contributed by atoms with Gasteiger partial charge in [-0.15, -0.1) is 11.8 Å². The quantitative estimate of drug-likeness (QED) is 0.897. The molecule has 0 radical (unpaired) electrons. The van der Waals surface area contributed by atoms with E-state index in [-0.39, 0.29) is 11.2 Å². The topological polar surface area (TPSA) is 58.2 Å². The van der Waals surface area contributed by atoms with Gasteiger partial charge in [0.2, 0.25) is 5.91 Å². The van der Waals surface area contributed by atoms with Gasteiger partial charge in [0.25, 0.3) is 0 Å². The Morgan fingerprint density at radius 3 is 2.43 bits per heavy atom. The smallest absolute Gasteiger partial charge is 0.321 e. The summed E-state index contributed by atoms with van der Waals surface area (Å²) in [6, 6.07) is 9.23. The first-order chi connectivity index (χ1) is 10.2. The van der Waals surface area contributed by atoms with Crippen LogP contribution in [0, 0.1) is 0 Å². The molecule has 4 nitrogen and oxygen atoms in total. The number of nitrogens with one attached hydrogen (secondary N) is 2. The predicted octanol–water partition coefficient (Wildman–Crippen LogP) is 3.25. The number of amides is 3. The number of thioether (sulfide) groups is 1. The Kier molecular flexibility index (Phi) is 6.11. The molecule has 0 spiro atoms. The molecule has 1 fully saturated rings. The minimum Gasteiger partial charge on any atom is -0.341 e. The van der Waals surface area contributed by atoms with Gasteiger partial charge in [-0.25, -0.2) is 4.79 Å². The van der Waals surface area contributed by atoms with Gasteiger partial charge in [-0.1, -0.05) is 49.6 Å². The highest BCUT2D eigenvalue weighted by Gasteiger charge is 2.27. The maximum Gasteiger partial charge on any atom is 0.321 e. The van der Waals surface area contributed by atoms with Crippen LogP contribution in [0.5, 0.6) is 0 Å². The Morgan fingerprint density at radius 2 is 1.81 bits per heavy atom. The van der Waals surface area contributed by atoms with Crippen molar-refractivity contribution in [1.29, 1.82) is 0 Å². The molecule has 0 unspecified atom stereocenters. The molecular weight excluding hydrogens is 284 g/mol. The maximum atomic E-state index is 12.4. The molecule has 5 heteroatoms. The summed E-state index contributed by atoms with van der Waals surface area (Å²) in [6.07, 6.45) is 6.06. The van der Waals surface area contributed by atoms with Crippen molar-refractivity contribution < 1.29 is 9.59 Å². The van der Waals surface area contributed by atoms with E-state index in [9.17, 15) is 9.59 Å². The van der Waals surface area contributed by atoms with E-state index in [0.29, 0.717) is 5.25 Å². The lowest BCUT2D eigenvalue weighted by molar-refractivity contribution is -0.119. The fourth-order valence-corrected chi connectivity index (χ4v) is 4.04. The maximum absolute atomic E-state index is 12.4. The van der Waals surface area contributed by atoms with E-state index in [1.54, 1.807) is 11.8 Å². The van der Waals surface area contributed by atoms with Crippen molar-refractivity contribution in [2.75, 3.05) is 7.05 Å². The average molecular weight is 306 g/mol. The Labute approximate surface area is 130 Å². The van der Waals surface area contributed by atoms with E-state index < -0.39 is 6.03 Å². The van der Waals surface area contributed by atoms with Crippen molar-refractivity contribution in [3.8, 4) is 0 Å². The average Bonchev–Trinajstić information content (AvgIpc) is 2.54. The molecule has 0 aromatic heterocycles. The lowest BCUT2D eigenvalue weighted by Crippen LogP contribution is -2.39. The van der Waals surface area contributed by atoms with Gasteiger partial charge in [0.15, 0.2) is 0 Å². The SMILES string of the molecule is CNC(=O)NC(=O)[C@@H](SC1CCCCC1)c1ccccc1. The molecule has 21 heavy (non-hydrogen) atoms. The first-order valence-electron chi connectivity index (χ1n) is 7.43. The van der Waals surface area contributed by atoms with Crippen LogP contribution in [0.4, 0.5) is 4.79 Å². The highest BCUT2D eigenvalue weighted by Crippen LogP contribution is 2.38. The fraction of sp³-hybridized carbons (Fsp3) is 0.500. The molecule has 2 N–H and O–H groups in total. The number of hydrogen-bond donors (Lipinski definition) is 2. The van der Waals surface area contributed by atoms with Crippen molar-refractivity contribution in [2.24, 2.45) is 0 Å². The molecule has 1 aromatic carbocycles. The molecule has 0 aliphatic heterocycles. The van der Waals surface area contributed by atoms with E-state index in [0.717, 1.165) is 18.4 Å². The van der Waals surface area contributed by atoms with E-state index >= 15 is 0 Å². The normalized spacial score (nSPS) is 17.0. The van der Waals surface area contributed by atoms with Crippen LogP contribution in [0.2, 0.25) is 0 Å². The number of rotatable bonds is 4. The first kappa shape index (κ1) is 15.9. The third-order valence-electron chi connectivity index (χ3n) is 3.68. The van der Waals surface area contributed by atoms with Crippen molar-refractivity contribution >= 4 is 23.7 Å². The second-order valence-corrected chi connectivity index (χ2v) is 6.67. The molecule has 1 aliphatic rings. The molecule has 1 aliphatic carbocycles. The predicted molar refractivity (Wildman–Crippen MR) is 86.2 cm³/mol. The van der Waals surface area contributed by atoms with Gasteiger partial charge < -0.3 is 5.32 Å². The van der Waals surface area contributed by atoms with Crippen LogP contribution in [0.1, 0.15) is 42.9 Å². The van der Waals surface area contributed by atoms with Crippen LogP contribution in [0.15, 0.2) is 30.3 Å². The largest absolute Gasteiger partial charge is 0.341 e. The first-order valence-corrected chi connectivity index (χ1v) is 8.38. The van der Waals surface area contributed by atoms with Crippen molar-refractivity contribution in [1.82, 2.24) is 10.6 Å². The number of imide groups is 1. The highest BCUT2D eigenvalue weighted by molar-refractivity contribution is 8.00. The Bertz CT molecular complexity index is 472.